The fourth-order valence-electron chi connectivity index (χ4n) is 1.10. The van der Waals surface area contributed by atoms with Gasteiger partial charge in [-0.05, 0) is 5.56 Å². The van der Waals surface area contributed by atoms with Gasteiger partial charge in [-0.1, -0.05) is 30.3 Å². The molecule has 4 nitrogen and oxygen atoms in total. The summed E-state index contributed by atoms with van der Waals surface area (Å²) in [5.74, 6) is 0. The van der Waals surface area contributed by atoms with E-state index in [1.54, 1.807) is 6.07 Å². The SMILES string of the molecule is NP(N)(=O)O[C@H](c1ccccc1)C(F)(F)F. The lowest BCUT2D eigenvalue weighted by Crippen LogP contribution is -2.25. The Morgan fingerprint density at radius 3 is 2.06 bits per heavy atom. The highest BCUT2D eigenvalue weighted by Crippen LogP contribution is 2.44. The van der Waals surface area contributed by atoms with Gasteiger partial charge in [0.05, 0.1) is 0 Å². The minimum absolute atomic E-state index is 0.203. The molecule has 0 saturated heterocycles. The van der Waals surface area contributed by atoms with Crippen molar-refractivity contribution in [3.05, 3.63) is 35.9 Å². The van der Waals surface area contributed by atoms with Crippen LogP contribution in [0.25, 0.3) is 0 Å². The highest BCUT2D eigenvalue weighted by molar-refractivity contribution is 7.53. The zero-order valence-corrected chi connectivity index (χ0v) is 8.91. The van der Waals surface area contributed by atoms with Gasteiger partial charge in [0, 0.05) is 0 Å². The Labute approximate surface area is 89.9 Å². The first-order valence-electron chi connectivity index (χ1n) is 4.17. The summed E-state index contributed by atoms with van der Waals surface area (Å²) in [7, 11) is -4.20. The molecule has 0 aromatic heterocycles. The van der Waals surface area contributed by atoms with Crippen LogP contribution in [0.1, 0.15) is 11.7 Å². The van der Waals surface area contributed by atoms with E-state index < -0.39 is 20.0 Å². The van der Waals surface area contributed by atoms with Crippen LogP contribution in [0, 0.1) is 0 Å². The van der Waals surface area contributed by atoms with Crippen molar-refractivity contribution in [2.45, 2.75) is 12.3 Å². The topological polar surface area (TPSA) is 78.3 Å². The fourth-order valence-corrected chi connectivity index (χ4v) is 1.67. The van der Waals surface area contributed by atoms with Gasteiger partial charge in [0.2, 0.25) is 0 Å². The molecule has 0 bridgehead atoms. The summed E-state index contributed by atoms with van der Waals surface area (Å²) in [6.45, 7) is 0. The minimum Gasteiger partial charge on any atom is -0.289 e. The summed E-state index contributed by atoms with van der Waals surface area (Å²) in [5.41, 5.74) is 9.36. The molecule has 0 spiro atoms. The van der Waals surface area contributed by atoms with Crippen LogP contribution in [0.2, 0.25) is 0 Å². The monoisotopic (exact) mass is 254 g/mol. The van der Waals surface area contributed by atoms with Crippen molar-refractivity contribution in [1.29, 1.82) is 0 Å². The minimum atomic E-state index is -4.73. The molecule has 0 fully saturated rings. The summed E-state index contributed by atoms with van der Waals surface area (Å²) in [4.78, 5) is 0. The Kier molecular flexibility index (Phi) is 3.75. The first-order chi connectivity index (χ1) is 7.20. The molecule has 1 atom stereocenters. The lowest BCUT2D eigenvalue weighted by Gasteiger charge is -2.22. The molecule has 1 aromatic rings. The summed E-state index contributed by atoms with van der Waals surface area (Å²) in [6, 6.07) is 6.72. The fraction of sp³-hybridized carbons (Fsp3) is 0.250. The van der Waals surface area contributed by atoms with Crippen LogP contribution in [0.4, 0.5) is 13.2 Å². The molecule has 1 aromatic carbocycles. The van der Waals surface area contributed by atoms with Crippen LogP contribution in [0.5, 0.6) is 0 Å². The van der Waals surface area contributed by atoms with Crippen molar-refractivity contribution in [3.8, 4) is 0 Å². The quantitative estimate of drug-likeness (QED) is 0.811. The highest BCUT2D eigenvalue weighted by Gasteiger charge is 2.44. The van der Waals surface area contributed by atoms with E-state index in [4.69, 9.17) is 11.0 Å². The number of nitrogens with two attached hydrogens (primary N) is 2. The Hall–Kier alpha value is -0.880. The third-order valence-corrected chi connectivity index (χ3v) is 2.21. The zero-order valence-electron chi connectivity index (χ0n) is 8.02. The number of benzene rings is 1. The van der Waals surface area contributed by atoms with Gasteiger partial charge >= 0.3 is 13.8 Å². The third-order valence-electron chi connectivity index (χ3n) is 1.67. The maximum Gasteiger partial charge on any atom is 0.419 e. The van der Waals surface area contributed by atoms with Gasteiger partial charge in [0.15, 0.2) is 6.10 Å². The molecule has 0 amide bonds. The molecular formula is C8H10F3N2O2P. The smallest absolute Gasteiger partial charge is 0.289 e. The van der Waals surface area contributed by atoms with E-state index in [0.717, 1.165) is 0 Å². The molecule has 0 aliphatic rings. The average Bonchev–Trinajstić information content (AvgIpc) is 2.13. The molecule has 16 heavy (non-hydrogen) atoms. The molecule has 0 aliphatic carbocycles. The molecule has 1 rings (SSSR count). The Balaban J connectivity index is 3.03. The normalized spacial score (nSPS) is 14.8. The largest absolute Gasteiger partial charge is 0.419 e. The number of alkyl halides is 3. The maximum absolute atomic E-state index is 12.6. The Morgan fingerprint density at radius 2 is 1.69 bits per heavy atom. The molecular weight excluding hydrogens is 244 g/mol. The van der Waals surface area contributed by atoms with Crippen molar-refractivity contribution in [2.24, 2.45) is 11.0 Å². The van der Waals surface area contributed by atoms with Crippen molar-refractivity contribution in [3.63, 3.8) is 0 Å². The number of hydrogen-bond acceptors (Lipinski definition) is 2. The molecule has 0 aliphatic heterocycles. The number of halogens is 3. The highest BCUT2D eigenvalue weighted by atomic mass is 31.2. The molecule has 90 valence electrons. The molecule has 8 heteroatoms. The van der Waals surface area contributed by atoms with Crippen molar-refractivity contribution in [2.75, 3.05) is 0 Å². The Morgan fingerprint density at radius 1 is 1.19 bits per heavy atom. The van der Waals surface area contributed by atoms with Crippen LogP contribution >= 0.6 is 7.67 Å². The summed E-state index contributed by atoms with van der Waals surface area (Å²) in [5, 5.41) is 0. The van der Waals surface area contributed by atoms with Crippen LogP contribution in [0.15, 0.2) is 30.3 Å². The summed E-state index contributed by atoms with van der Waals surface area (Å²) >= 11 is 0. The first-order valence-corrected chi connectivity index (χ1v) is 5.94. The van der Waals surface area contributed by atoms with E-state index >= 15 is 0 Å². The van der Waals surface area contributed by atoms with E-state index in [2.05, 4.69) is 4.52 Å². The molecule has 0 unspecified atom stereocenters. The second kappa shape index (κ2) is 4.55. The van der Waals surface area contributed by atoms with Crippen LogP contribution in [0.3, 0.4) is 0 Å². The maximum atomic E-state index is 12.6. The van der Waals surface area contributed by atoms with Crippen LogP contribution in [-0.2, 0) is 9.09 Å². The lowest BCUT2D eigenvalue weighted by molar-refractivity contribution is -0.197. The number of rotatable bonds is 3. The molecule has 0 heterocycles. The second-order valence-electron chi connectivity index (χ2n) is 3.08. The lowest BCUT2D eigenvalue weighted by atomic mass is 10.1. The van der Waals surface area contributed by atoms with Gasteiger partial charge in [-0.2, -0.15) is 13.2 Å². The van der Waals surface area contributed by atoms with E-state index in [1.165, 1.54) is 24.3 Å². The van der Waals surface area contributed by atoms with Crippen LogP contribution < -0.4 is 11.0 Å². The van der Waals surface area contributed by atoms with Crippen LogP contribution in [-0.4, -0.2) is 6.18 Å². The van der Waals surface area contributed by atoms with E-state index in [0.29, 0.717) is 0 Å². The van der Waals surface area contributed by atoms with E-state index in [9.17, 15) is 17.7 Å². The van der Waals surface area contributed by atoms with Gasteiger partial charge < -0.3 is 0 Å². The molecule has 4 N–H and O–H groups in total. The van der Waals surface area contributed by atoms with Gasteiger partial charge in [-0.25, -0.2) is 11.0 Å². The predicted molar refractivity (Wildman–Crippen MR) is 52.3 cm³/mol. The summed E-state index contributed by atoms with van der Waals surface area (Å²) in [6.07, 6.45) is -7.11. The van der Waals surface area contributed by atoms with Crippen molar-refractivity contribution in [1.82, 2.24) is 0 Å². The van der Waals surface area contributed by atoms with Gasteiger partial charge in [0.25, 0.3) is 0 Å². The first kappa shape index (κ1) is 13.2. The van der Waals surface area contributed by atoms with E-state index in [1.807, 2.05) is 0 Å². The standard InChI is InChI=1S/C8H10F3N2O2P/c9-8(10,11)7(15-16(12,13)14)6-4-2-1-3-5-6/h1-5,7H,(H4,12,13,14)/t7-/m1/s1. The van der Waals surface area contributed by atoms with Crippen molar-refractivity contribution >= 4 is 7.67 Å². The second-order valence-corrected chi connectivity index (χ2v) is 4.58. The average molecular weight is 254 g/mol. The number of hydrogen-bond donors (Lipinski definition) is 2. The zero-order chi connectivity index (χ0) is 12.4. The van der Waals surface area contributed by atoms with Crippen molar-refractivity contribution < 1.29 is 22.3 Å². The molecule has 0 radical (unpaired) electrons. The Bertz CT molecular complexity index is 390. The third kappa shape index (κ3) is 3.94. The van der Waals surface area contributed by atoms with Gasteiger partial charge in [-0.3, -0.25) is 9.09 Å². The molecule has 0 saturated carbocycles. The summed E-state index contributed by atoms with van der Waals surface area (Å²) < 4.78 is 52.8. The predicted octanol–water partition coefficient (Wildman–Crippen LogP) is 2.33. The van der Waals surface area contributed by atoms with E-state index in [-0.39, 0.29) is 5.56 Å². The van der Waals surface area contributed by atoms with Gasteiger partial charge in [0.1, 0.15) is 0 Å². The van der Waals surface area contributed by atoms with Gasteiger partial charge in [-0.15, -0.1) is 0 Å².